The Hall–Kier alpha value is -1.23. The van der Waals surface area contributed by atoms with Crippen molar-refractivity contribution in [2.45, 2.75) is 12.6 Å². The van der Waals surface area contributed by atoms with E-state index in [1.54, 1.807) is 18.4 Å². The zero-order chi connectivity index (χ0) is 11.4. The Kier molecular flexibility index (Phi) is 3.66. The summed E-state index contributed by atoms with van der Waals surface area (Å²) in [5, 5.41) is 2.93. The number of methoxy groups -OCH3 is 1. The lowest BCUT2D eigenvalue weighted by molar-refractivity contribution is 0.136. The SMILES string of the molecule is COC(c1ccccc1)c1nc(CN)cs1. The van der Waals surface area contributed by atoms with Crippen molar-refractivity contribution in [3.63, 3.8) is 0 Å². The van der Waals surface area contributed by atoms with Crippen LogP contribution >= 0.6 is 11.3 Å². The molecular weight excluding hydrogens is 220 g/mol. The van der Waals surface area contributed by atoms with E-state index in [9.17, 15) is 0 Å². The van der Waals surface area contributed by atoms with E-state index in [0.717, 1.165) is 16.3 Å². The van der Waals surface area contributed by atoms with Crippen molar-refractivity contribution in [3.05, 3.63) is 52.0 Å². The third kappa shape index (κ3) is 2.29. The first-order valence-corrected chi connectivity index (χ1v) is 5.95. The zero-order valence-electron chi connectivity index (χ0n) is 9.09. The van der Waals surface area contributed by atoms with Gasteiger partial charge in [-0.25, -0.2) is 4.98 Å². The first kappa shape index (κ1) is 11.3. The van der Waals surface area contributed by atoms with Gasteiger partial charge < -0.3 is 10.5 Å². The second-order valence-electron chi connectivity index (χ2n) is 3.41. The molecule has 1 atom stereocenters. The van der Waals surface area contributed by atoms with Gasteiger partial charge in [0.1, 0.15) is 11.1 Å². The smallest absolute Gasteiger partial charge is 0.134 e. The highest BCUT2D eigenvalue weighted by molar-refractivity contribution is 7.09. The minimum atomic E-state index is -0.0912. The maximum Gasteiger partial charge on any atom is 0.134 e. The van der Waals surface area contributed by atoms with Gasteiger partial charge in [0, 0.05) is 19.0 Å². The van der Waals surface area contributed by atoms with Crippen LogP contribution in [0.4, 0.5) is 0 Å². The van der Waals surface area contributed by atoms with E-state index in [-0.39, 0.29) is 6.10 Å². The summed E-state index contributed by atoms with van der Waals surface area (Å²) in [5.74, 6) is 0. The molecule has 0 fully saturated rings. The molecule has 3 nitrogen and oxygen atoms in total. The predicted molar refractivity (Wildman–Crippen MR) is 65.3 cm³/mol. The quantitative estimate of drug-likeness (QED) is 0.883. The molecule has 1 unspecified atom stereocenters. The van der Waals surface area contributed by atoms with E-state index in [1.807, 2.05) is 35.7 Å². The highest BCUT2D eigenvalue weighted by Gasteiger charge is 2.16. The van der Waals surface area contributed by atoms with Crippen molar-refractivity contribution in [2.24, 2.45) is 5.73 Å². The highest BCUT2D eigenvalue weighted by atomic mass is 32.1. The van der Waals surface area contributed by atoms with Gasteiger partial charge in [0.25, 0.3) is 0 Å². The molecule has 0 saturated carbocycles. The summed E-state index contributed by atoms with van der Waals surface area (Å²) in [5.41, 5.74) is 7.58. The lowest BCUT2D eigenvalue weighted by Gasteiger charge is -2.12. The molecule has 0 saturated heterocycles. The van der Waals surface area contributed by atoms with E-state index >= 15 is 0 Å². The Bertz CT molecular complexity index is 441. The van der Waals surface area contributed by atoms with Crippen LogP contribution in [0.25, 0.3) is 0 Å². The molecule has 2 rings (SSSR count). The third-order valence-electron chi connectivity index (χ3n) is 2.34. The van der Waals surface area contributed by atoms with Crippen LogP contribution in [0.2, 0.25) is 0 Å². The number of nitrogens with zero attached hydrogens (tertiary/aromatic N) is 1. The number of hydrogen-bond acceptors (Lipinski definition) is 4. The largest absolute Gasteiger partial charge is 0.370 e. The van der Waals surface area contributed by atoms with E-state index in [1.165, 1.54) is 0 Å². The van der Waals surface area contributed by atoms with Crippen LogP contribution in [-0.2, 0) is 11.3 Å². The fourth-order valence-corrected chi connectivity index (χ4v) is 2.48. The van der Waals surface area contributed by atoms with Crippen molar-refractivity contribution >= 4 is 11.3 Å². The van der Waals surface area contributed by atoms with Crippen molar-refractivity contribution in [2.75, 3.05) is 7.11 Å². The molecule has 2 N–H and O–H groups in total. The molecule has 0 radical (unpaired) electrons. The number of rotatable bonds is 4. The van der Waals surface area contributed by atoms with Gasteiger partial charge in [0.2, 0.25) is 0 Å². The minimum absolute atomic E-state index is 0.0912. The zero-order valence-corrected chi connectivity index (χ0v) is 9.91. The standard InChI is InChI=1S/C12H14N2OS/c1-15-11(9-5-3-2-4-6-9)12-14-10(7-13)8-16-12/h2-6,8,11H,7,13H2,1H3. The normalized spacial score (nSPS) is 12.6. The molecule has 1 heterocycles. The summed E-state index contributed by atoms with van der Waals surface area (Å²) in [6.07, 6.45) is -0.0912. The maximum atomic E-state index is 5.55. The topological polar surface area (TPSA) is 48.1 Å². The lowest BCUT2D eigenvalue weighted by Crippen LogP contribution is -2.04. The fraction of sp³-hybridized carbons (Fsp3) is 0.250. The molecule has 84 valence electrons. The van der Waals surface area contributed by atoms with Crippen molar-refractivity contribution in [1.29, 1.82) is 0 Å². The molecule has 0 amide bonds. The van der Waals surface area contributed by atoms with Gasteiger partial charge in [-0.3, -0.25) is 0 Å². The van der Waals surface area contributed by atoms with Crippen LogP contribution in [0, 0.1) is 0 Å². The molecule has 0 spiro atoms. The van der Waals surface area contributed by atoms with Crippen LogP contribution in [0.1, 0.15) is 22.4 Å². The summed E-state index contributed by atoms with van der Waals surface area (Å²) >= 11 is 1.59. The second kappa shape index (κ2) is 5.21. The Balaban J connectivity index is 2.29. The predicted octanol–water partition coefficient (Wildman–Crippen LogP) is 2.34. The first-order chi connectivity index (χ1) is 7.85. The molecule has 0 bridgehead atoms. The third-order valence-corrected chi connectivity index (χ3v) is 3.28. The average molecular weight is 234 g/mol. The molecular formula is C12H14N2OS. The van der Waals surface area contributed by atoms with Gasteiger partial charge in [-0.2, -0.15) is 0 Å². The van der Waals surface area contributed by atoms with Crippen molar-refractivity contribution in [3.8, 4) is 0 Å². The Morgan fingerprint density at radius 3 is 2.69 bits per heavy atom. The van der Waals surface area contributed by atoms with Crippen LogP contribution in [0.5, 0.6) is 0 Å². The average Bonchev–Trinajstić information content (AvgIpc) is 2.80. The van der Waals surface area contributed by atoms with Gasteiger partial charge in [0.05, 0.1) is 5.69 Å². The summed E-state index contributed by atoms with van der Waals surface area (Å²) in [6, 6.07) is 10.1. The van der Waals surface area contributed by atoms with Crippen LogP contribution < -0.4 is 5.73 Å². The number of aromatic nitrogens is 1. The number of nitrogens with two attached hydrogens (primary N) is 1. The van der Waals surface area contributed by atoms with Crippen LogP contribution in [-0.4, -0.2) is 12.1 Å². The number of hydrogen-bond donors (Lipinski definition) is 1. The molecule has 4 heteroatoms. The number of benzene rings is 1. The lowest BCUT2D eigenvalue weighted by atomic mass is 10.1. The molecule has 2 aromatic rings. The van der Waals surface area contributed by atoms with E-state index in [2.05, 4.69) is 4.98 Å². The molecule has 1 aromatic heterocycles. The van der Waals surface area contributed by atoms with Crippen molar-refractivity contribution in [1.82, 2.24) is 4.98 Å². The van der Waals surface area contributed by atoms with Gasteiger partial charge in [0.15, 0.2) is 0 Å². The highest BCUT2D eigenvalue weighted by Crippen LogP contribution is 2.27. The molecule has 0 aliphatic carbocycles. The van der Waals surface area contributed by atoms with E-state index in [4.69, 9.17) is 10.5 Å². The second-order valence-corrected chi connectivity index (χ2v) is 4.30. The van der Waals surface area contributed by atoms with Gasteiger partial charge in [-0.1, -0.05) is 30.3 Å². The van der Waals surface area contributed by atoms with Gasteiger partial charge >= 0.3 is 0 Å². The number of ether oxygens (including phenoxy) is 1. The fourth-order valence-electron chi connectivity index (χ4n) is 1.54. The first-order valence-electron chi connectivity index (χ1n) is 5.07. The van der Waals surface area contributed by atoms with Gasteiger partial charge in [-0.05, 0) is 5.56 Å². The Morgan fingerprint density at radius 2 is 2.12 bits per heavy atom. The maximum absolute atomic E-state index is 5.55. The molecule has 16 heavy (non-hydrogen) atoms. The molecule has 0 aliphatic rings. The molecule has 0 aliphatic heterocycles. The summed E-state index contributed by atoms with van der Waals surface area (Å²) < 4.78 is 5.49. The minimum Gasteiger partial charge on any atom is -0.370 e. The summed E-state index contributed by atoms with van der Waals surface area (Å²) in [7, 11) is 1.70. The summed E-state index contributed by atoms with van der Waals surface area (Å²) in [6.45, 7) is 0.474. The van der Waals surface area contributed by atoms with E-state index < -0.39 is 0 Å². The Labute approximate surface area is 98.9 Å². The monoisotopic (exact) mass is 234 g/mol. The van der Waals surface area contributed by atoms with Crippen LogP contribution in [0.3, 0.4) is 0 Å². The summed E-state index contributed by atoms with van der Waals surface area (Å²) in [4.78, 5) is 4.44. The number of thiazole rings is 1. The van der Waals surface area contributed by atoms with Crippen LogP contribution in [0.15, 0.2) is 35.7 Å². The van der Waals surface area contributed by atoms with Crippen molar-refractivity contribution < 1.29 is 4.74 Å². The van der Waals surface area contributed by atoms with Gasteiger partial charge in [-0.15, -0.1) is 11.3 Å². The molecule has 1 aromatic carbocycles. The Morgan fingerprint density at radius 1 is 1.38 bits per heavy atom. The van der Waals surface area contributed by atoms with E-state index in [0.29, 0.717) is 6.54 Å².